The predicted octanol–water partition coefficient (Wildman–Crippen LogP) is 4.43. The van der Waals surface area contributed by atoms with Crippen molar-refractivity contribution in [3.63, 3.8) is 0 Å². The lowest BCUT2D eigenvalue weighted by molar-refractivity contribution is 0.306. The van der Waals surface area contributed by atoms with Crippen molar-refractivity contribution in [3.8, 4) is 0 Å². The van der Waals surface area contributed by atoms with Crippen molar-refractivity contribution in [2.75, 3.05) is 17.2 Å². The van der Waals surface area contributed by atoms with E-state index in [1.165, 1.54) is 29.5 Å². The van der Waals surface area contributed by atoms with Crippen molar-refractivity contribution in [2.45, 2.75) is 58.4 Å². The molecule has 0 atom stereocenters. The normalized spacial score (nSPS) is 16.7. The van der Waals surface area contributed by atoms with Gasteiger partial charge in [-0.15, -0.1) is 11.3 Å². The van der Waals surface area contributed by atoms with Gasteiger partial charge in [0.25, 0.3) is 0 Å². The number of rotatable bonds is 6. The first kappa shape index (κ1) is 14.6. The van der Waals surface area contributed by atoms with Gasteiger partial charge >= 0.3 is 0 Å². The third kappa shape index (κ3) is 2.98. The van der Waals surface area contributed by atoms with Gasteiger partial charge < -0.3 is 10.6 Å². The summed E-state index contributed by atoms with van der Waals surface area (Å²) in [6, 6.07) is 2.24. The van der Waals surface area contributed by atoms with Crippen LogP contribution >= 0.6 is 11.3 Å². The third-order valence-corrected chi connectivity index (χ3v) is 5.38. The number of nitrogens with one attached hydrogen (secondary N) is 2. The van der Waals surface area contributed by atoms with Crippen molar-refractivity contribution >= 4 is 33.3 Å². The lowest BCUT2D eigenvalue weighted by Gasteiger charge is -2.39. The molecule has 2 aromatic rings. The summed E-state index contributed by atoms with van der Waals surface area (Å²) in [6.07, 6.45) is 5.88. The van der Waals surface area contributed by atoms with Crippen LogP contribution in [0, 0.1) is 0 Å². The van der Waals surface area contributed by atoms with E-state index in [0.29, 0.717) is 0 Å². The van der Waals surface area contributed by atoms with Gasteiger partial charge in [0, 0.05) is 17.0 Å². The smallest absolute Gasteiger partial charge is 0.226 e. The van der Waals surface area contributed by atoms with E-state index in [4.69, 9.17) is 4.98 Å². The van der Waals surface area contributed by atoms with Crippen LogP contribution in [0.5, 0.6) is 0 Å². The van der Waals surface area contributed by atoms with Crippen LogP contribution in [-0.4, -0.2) is 22.1 Å². The molecule has 114 valence electrons. The number of thiophene rings is 1. The molecule has 21 heavy (non-hydrogen) atoms. The number of aromatic nitrogens is 2. The lowest BCUT2D eigenvalue weighted by atomic mass is 9.78. The molecule has 1 fully saturated rings. The molecular weight excluding hydrogens is 280 g/mol. The molecule has 0 bridgehead atoms. The Balaban J connectivity index is 1.98. The lowest BCUT2D eigenvalue weighted by Crippen LogP contribution is -2.42. The highest BCUT2D eigenvalue weighted by Gasteiger charge is 2.32. The van der Waals surface area contributed by atoms with E-state index < -0.39 is 0 Å². The van der Waals surface area contributed by atoms with Crippen molar-refractivity contribution in [1.29, 1.82) is 0 Å². The number of hydrogen-bond donors (Lipinski definition) is 2. The number of aryl methyl sites for hydroxylation is 1. The molecule has 2 aromatic heterocycles. The van der Waals surface area contributed by atoms with E-state index in [1.807, 2.05) is 0 Å². The SMILES string of the molecule is CCCNc1nc(NC2(C)CCC2)c2cc(CC)sc2n1. The van der Waals surface area contributed by atoms with E-state index in [-0.39, 0.29) is 5.54 Å². The van der Waals surface area contributed by atoms with E-state index in [2.05, 4.69) is 42.5 Å². The molecular formula is C16H24N4S. The summed E-state index contributed by atoms with van der Waals surface area (Å²) in [5.41, 5.74) is 0.206. The fourth-order valence-corrected chi connectivity index (χ4v) is 3.64. The Morgan fingerprint density at radius 1 is 1.29 bits per heavy atom. The van der Waals surface area contributed by atoms with Crippen LogP contribution in [0.2, 0.25) is 0 Å². The Morgan fingerprint density at radius 3 is 2.71 bits per heavy atom. The second kappa shape index (κ2) is 5.79. The maximum absolute atomic E-state index is 4.73. The molecule has 0 spiro atoms. The molecule has 0 aromatic carbocycles. The van der Waals surface area contributed by atoms with Crippen molar-refractivity contribution in [3.05, 3.63) is 10.9 Å². The first-order chi connectivity index (χ1) is 10.1. The largest absolute Gasteiger partial charge is 0.364 e. The van der Waals surface area contributed by atoms with Gasteiger partial charge in [-0.1, -0.05) is 13.8 Å². The van der Waals surface area contributed by atoms with E-state index >= 15 is 0 Å². The average Bonchev–Trinajstić information content (AvgIpc) is 2.86. The molecule has 3 rings (SSSR count). The molecule has 4 nitrogen and oxygen atoms in total. The van der Waals surface area contributed by atoms with Gasteiger partial charge in [0.1, 0.15) is 10.6 Å². The van der Waals surface area contributed by atoms with Crippen LogP contribution in [0.25, 0.3) is 10.2 Å². The van der Waals surface area contributed by atoms with E-state index in [1.54, 1.807) is 11.3 Å². The quantitative estimate of drug-likeness (QED) is 0.829. The van der Waals surface area contributed by atoms with E-state index in [9.17, 15) is 0 Å². The highest BCUT2D eigenvalue weighted by Crippen LogP contribution is 2.37. The topological polar surface area (TPSA) is 49.8 Å². The summed E-state index contributed by atoms with van der Waals surface area (Å²) in [5.74, 6) is 1.75. The molecule has 0 aliphatic heterocycles. The van der Waals surface area contributed by atoms with Gasteiger partial charge in [0.15, 0.2) is 0 Å². The number of fused-ring (bicyclic) bond motifs is 1. The molecule has 1 saturated carbocycles. The molecule has 2 heterocycles. The van der Waals surface area contributed by atoms with E-state index in [0.717, 1.165) is 36.0 Å². The Bertz CT molecular complexity index is 630. The van der Waals surface area contributed by atoms with Crippen LogP contribution in [0.4, 0.5) is 11.8 Å². The second-order valence-corrected chi connectivity index (χ2v) is 7.26. The number of hydrogen-bond acceptors (Lipinski definition) is 5. The molecule has 0 saturated heterocycles. The Kier molecular flexibility index (Phi) is 4.02. The first-order valence-electron chi connectivity index (χ1n) is 7.96. The fourth-order valence-electron chi connectivity index (χ4n) is 2.67. The Morgan fingerprint density at radius 2 is 2.10 bits per heavy atom. The second-order valence-electron chi connectivity index (χ2n) is 6.15. The molecule has 0 unspecified atom stereocenters. The molecule has 2 N–H and O–H groups in total. The van der Waals surface area contributed by atoms with Crippen LogP contribution < -0.4 is 10.6 Å². The van der Waals surface area contributed by atoms with Crippen LogP contribution in [-0.2, 0) is 6.42 Å². The summed E-state index contributed by atoms with van der Waals surface area (Å²) < 4.78 is 0. The summed E-state index contributed by atoms with van der Waals surface area (Å²) in [6.45, 7) is 7.54. The maximum Gasteiger partial charge on any atom is 0.226 e. The van der Waals surface area contributed by atoms with Crippen molar-refractivity contribution in [2.24, 2.45) is 0 Å². The Hall–Kier alpha value is -1.36. The minimum atomic E-state index is 0.206. The monoisotopic (exact) mass is 304 g/mol. The third-order valence-electron chi connectivity index (χ3n) is 4.20. The Labute approximate surface area is 130 Å². The minimum Gasteiger partial charge on any atom is -0.364 e. The predicted molar refractivity (Wildman–Crippen MR) is 91.5 cm³/mol. The highest BCUT2D eigenvalue weighted by molar-refractivity contribution is 7.18. The van der Waals surface area contributed by atoms with Crippen molar-refractivity contribution < 1.29 is 0 Å². The molecule has 5 heteroatoms. The number of anilines is 2. The van der Waals surface area contributed by atoms with Gasteiger partial charge in [-0.3, -0.25) is 0 Å². The van der Waals surface area contributed by atoms with Crippen molar-refractivity contribution in [1.82, 2.24) is 9.97 Å². The van der Waals surface area contributed by atoms with Gasteiger partial charge in [-0.05, 0) is 45.1 Å². The fraction of sp³-hybridized carbons (Fsp3) is 0.625. The van der Waals surface area contributed by atoms with Crippen LogP contribution in [0.15, 0.2) is 6.07 Å². The molecule has 1 aliphatic carbocycles. The summed E-state index contributed by atoms with van der Waals surface area (Å²) in [5, 5.41) is 8.16. The van der Waals surface area contributed by atoms with Crippen LogP contribution in [0.3, 0.4) is 0 Å². The zero-order valence-electron chi connectivity index (χ0n) is 13.1. The van der Waals surface area contributed by atoms with Crippen LogP contribution in [0.1, 0.15) is 51.3 Å². The summed E-state index contributed by atoms with van der Waals surface area (Å²) in [4.78, 5) is 11.9. The summed E-state index contributed by atoms with van der Waals surface area (Å²) >= 11 is 1.78. The summed E-state index contributed by atoms with van der Waals surface area (Å²) in [7, 11) is 0. The van der Waals surface area contributed by atoms with Gasteiger partial charge in [0.2, 0.25) is 5.95 Å². The number of nitrogens with zero attached hydrogens (tertiary/aromatic N) is 2. The minimum absolute atomic E-state index is 0.206. The molecule has 1 aliphatic rings. The van der Waals surface area contributed by atoms with Gasteiger partial charge in [0.05, 0.1) is 5.39 Å². The zero-order chi connectivity index (χ0) is 14.9. The van der Waals surface area contributed by atoms with Gasteiger partial charge in [-0.25, -0.2) is 4.98 Å². The molecule has 0 amide bonds. The average molecular weight is 304 g/mol. The zero-order valence-corrected chi connectivity index (χ0v) is 13.9. The maximum atomic E-state index is 4.73. The highest BCUT2D eigenvalue weighted by atomic mass is 32.1. The first-order valence-corrected chi connectivity index (χ1v) is 8.77. The van der Waals surface area contributed by atoms with Gasteiger partial charge in [-0.2, -0.15) is 4.98 Å². The standard InChI is InChI=1S/C16H24N4S/c1-4-9-17-15-18-13(20-16(3)7-6-8-16)12-10-11(5-2)21-14(12)19-15/h10H,4-9H2,1-3H3,(H2,17,18,19,20). The molecule has 0 radical (unpaired) electrons.